The van der Waals surface area contributed by atoms with Gasteiger partial charge in [-0.2, -0.15) is 0 Å². The number of nitrogens with one attached hydrogen (secondary N) is 2. The average Bonchev–Trinajstić information content (AvgIpc) is 3.14. The third-order valence-electron chi connectivity index (χ3n) is 4.75. The number of hydrogen-bond donors (Lipinski definition) is 2. The number of aryl methyl sites for hydroxylation is 2. The zero-order valence-corrected chi connectivity index (χ0v) is 20.9. The van der Waals surface area contributed by atoms with Crippen molar-refractivity contribution in [1.29, 1.82) is 0 Å². The number of carbonyl (C=O) groups is 2. The largest absolute Gasteiger partial charge is 0.342 e. The maximum absolute atomic E-state index is 12.6. The Hall–Kier alpha value is -2.65. The van der Waals surface area contributed by atoms with E-state index in [1.165, 1.54) is 11.8 Å². The molecular formula is C23H26BrN5O2S. The van der Waals surface area contributed by atoms with Crippen molar-refractivity contribution in [2.45, 2.75) is 45.4 Å². The van der Waals surface area contributed by atoms with E-state index in [9.17, 15) is 9.59 Å². The van der Waals surface area contributed by atoms with Gasteiger partial charge in [-0.1, -0.05) is 30.0 Å². The third-order valence-corrected chi connectivity index (χ3v) is 6.41. The van der Waals surface area contributed by atoms with Crippen LogP contribution in [0.2, 0.25) is 0 Å². The van der Waals surface area contributed by atoms with Crippen LogP contribution in [-0.4, -0.2) is 32.3 Å². The summed E-state index contributed by atoms with van der Waals surface area (Å²) in [5.74, 6) is 0.549. The van der Waals surface area contributed by atoms with E-state index in [0.29, 0.717) is 23.1 Å². The van der Waals surface area contributed by atoms with Gasteiger partial charge in [0.15, 0.2) is 11.0 Å². The van der Waals surface area contributed by atoms with Gasteiger partial charge in [0.2, 0.25) is 5.91 Å². The van der Waals surface area contributed by atoms with Crippen LogP contribution < -0.4 is 10.6 Å². The maximum Gasteiger partial charge on any atom is 0.253 e. The monoisotopic (exact) mass is 515 g/mol. The van der Waals surface area contributed by atoms with E-state index in [1.807, 2.05) is 62.6 Å². The summed E-state index contributed by atoms with van der Waals surface area (Å²) in [5.41, 5.74) is 3.54. The number of hydrogen-bond acceptors (Lipinski definition) is 5. The summed E-state index contributed by atoms with van der Waals surface area (Å²) >= 11 is 4.73. The molecular weight excluding hydrogens is 490 g/mol. The lowest BCUT2D eigenvalue weighted by atomic mass is 10.1. The van der Waals surface area contributed by atoms with Crippen molar-refractivity contribution < 1.29 is 9.59 Å². The van der Waals surface area contributed by atoms with Crippen LogP contribution in [0, 0.1) is 13.8 Å². The number of amides is 2. The fourth-order valence-corrected chi connectivity index (χ4v) is 4.66. The first-order chi connectivity index (χ1) is 15.3. The molecule has 3 aromatic rings. The highest BCUT2D eigenvalue weighted by molar-refractivity contribution is 9.10. The summed E-state index contributed by atoms with van der Waals surface area (Å²) < 4.78 is 2.65. The Balaban J connectivity index is 1.64. The lowest BCUT2D eigenvalue weighted by Crippen LogP contribution is -2.29. The molecule has 0 aliphatic carbocycles. The molecule has 9 heteroatoms. The first-order valence-electron chi connectivity index (χ1n) is 10.3. The predicted octanol–water partition coefficient (Wildman–Crippen LogP) is 4.90. The lowest BCUT2D eigenvalue weighted by molar-refractivity contribution is -0.113. The number of anilines is 1. The summed E-state index contributed by atoms with van der Waals surface area (Å²) in [6.45, 7) is 8.47. The molecule has 1 aromatic heterocycles. The van der Waals surface area contributed by atoms with Crippen LogP contribution in [0.4, 0.5) is 5.69 Å². The molecule has 0 aliphatic heterocycles. The fraction of sp³-hybridized carbons (Fsp3) is 0.304. The van der Waals surface area contributed by atoms with Crippen LogP contribution in [0.1, 0.15) is 47.2 Å². The number of aromatic nitrogens is 3. The zero-order valence-electron chi connectivity index (χ0n) is 18.5. The molecule has 3 rings (SSSR count). The van der Waals surface area contributed by atoms with Gasteiger partial charge in [-0.05, 0) is 79.0 Å². The van der Waals surface area contributed by atoms with Gasteiger partial charge < -0.3 is 15.2 Å². The molecule has 1 unspecified atom stereocenters. The van der Waals surface area contributed by atoms with E-state index >= 15 is 0 Å². The van der Waals surface area contributed by atoms with Gasteiger partial charge >= 0.3 is 0 Å². The van der Waals surface area contributed by atoms with E-state index in [4.69, 9.17) is 0 Å². The lowest BCUT2D eigenvalue weighted by Gasteiger charge is -2.15. The Morgan fingerprint density at radius 3 is 2.47 bits per heavy atom. The average molecular weight is 516 g/mol. The van der Waals surface area contributed by atoms with Crippen LogP contribution in [0.25, 0.3) is 0 Å². The molecule has 1 heterocycles. The highest BCUT2D eigenvalue weighted by Crippen LogP contribution is 2.22. The molecule has 32 heavy (non-hydrogen) atoms. The van der Waals surface area contributed by atoms with Crippen LogP contribution >= 0.6 is 27.7 Å². The molecule has 2 amide bonds. The normalized spacial score (nSPS) is 11.8. The van der Waals surface area contributed by atoms with Crippen LogP contribution in [0.3, 0.4) is 0 Å². The molecule has 0 fully saturated rings. The Kier molecular flexibility index (Phi) is 8.09. The van der Waals surface area contributed by atoms with Crippen LogP contribution in [0.5, 0.6) is 0 Å². The van der Waals surface area contributed by atoms with Gasteiger partial charge in [0, 0.05) is 16.7 Å². The van der Waals surface area contributed by atoms with Gasteiger partial charge in [-0.3, -0.25) is 9.59 Å². The number of carbonyl (C=O) groups excluding carboxylic acids is 2. The first-order valence-corrected chi connectivity index (χ1v) is 12.1. The number of halogens is 1. The van der Waals surface area contributed by atoms with Crippen LogP contribution in [-0.2, 0) is 11.3 Å². The van der Waals surface area contributed by atoms with Crippen molar-refractivity contribution in [3.8, 4) is 0 Å². The van der Waals surface area contributed by atoms with E-state index < -0.39 is 0 Å². The van der Waals surface area contributed by atoms with Gasteiger partial charge in [0.05, 0.1) is 17.4 Å². The highest BCUT2D eigenvalue weighted by atomic mass is 79.9. The molecule has 1 atom stereocenters. The van der Waals surface area contributed by atoms with Crippen molar-refractivity contribution in [1.82, 2.24) is 20.1 Å². The molecule has 7 nitrogen and oxygen atoms in total. The zero-order chi connectivity index (χ0) is 23.3. The topological polar surface area (TPSA) is 88.9 Å². The van der Waals surface area contributed by atoms with Gasteiger partial charge in [-0.15, -0.1) is 10.2 Å². The third kappa shape index (κ3) is 5.98. The minimum absolute atomic E-state index is 0.109. The molecule has 0 saturated heterocycles. The quantitative estimate of drug-likeness (QED) is 0.416. The summed E-state index contributed by atoms with van der Waals surface area (Å²) in [6.07, 6.45) is 0. The van der Waals surface area contributed by atoms with Gasteiger partial charge in [0.1, 0.15) is 0 Å². The Bertz CT molecular complexity index is 1110. The molecule has 2 aromatic carbocycles. The number of nitrogens with zero attached hydrogens (tertiary/aromatic N) is 3. The molecule has 0 bridgehead atoms. The standard InChI is InChI=1S/C23H26BrN5O2S/c1-5-29-21(16(4)25-22(31)18-8-6-7-9-19(18)24)27-28-23(29)32-13-20(30)26-17-11-14(2)10-15(3)12-17/h6-12,16H,5,13H2,1-4H3,(H,25,31)(H,26,30). The van der Waals surface area contributed by atoms with E-state index in [0.717, 1.165) is 21.3 Å². The van der Waals surface area contributed by atoms with Crippen molar-refractivity contribution in [2.75, 3.05) is 11.1 Å². The Morgan fingerprint density at radius 1 is 1.12 bits per heavy atom. The SMILES string of the molecule is CCn1c(SCC(=O)Nc2cc(C)cc(C)c2)nnc1C(C)NC(=O)c1ccccc1Br. The molecule has 0 saturated carbocycles. The van der Waals surface area contributed by atoms with E-state index in [2.05, 4.69) is 42.8 Å². The summed E-state index contributed by atoms with van der Waals surface area (Å²) in [5, 5.41) is 15.1. The second kappa shape index (κ2) is 10.8. The number of thioether (sulfide) groups is 1. The second-order valence-corrected chi connectivity index (χ2v) is 9.27. The summed E-state index contributed by atoms with van der Waals surface area (Å²) in [6, 6.07) is 12.9. The molecule has 0 spiro atoms. The molecule has 0 radical (unpaired) electrons. The van der Waals surface area contributed by atoms with E-state index in [-0.39, 0.29) is 23.6 Å². The predicted molar refractivity (Wildman–Crippen MR) is 131 cm³/mol. The minimum atomic E-state index is -0.347. The molecule has 2 N–H and O–H groups in total. The second-order valence-electron chi connectivity index (χ2n) is 7.47. The fourth-order valence-electron chi connectivity index (χ4n) is 3.38. The van der Waals surface area contributed by atoms with Crippen molar-refractivity contribution in [3.63, 3.8) is 0 Å². The number of benzene rings is 2. The smallest absolute Gasteiger partial charge is 0.253 e. The first kappa shape index (κ1) is 24.0. The van der Waals surface area contributed by atoms with Gasteiger partial charge in [-0.25, -0.2) is 0 Å². The van der Waals surface area contributed by atoms with Gasteiger partial charge in [0.25, 0.3) is 5.91 Å². The summed E-state index contributed by atoms with van der Waals surface area (Å²) in [4.78, 5) is 25.1. The van der Waals surface area contributed by atoms with Crippen molar-refractivity contribution >= 4 is 45.2 Å². The number of rotatable bonds is 8. The van der Waals surface area contributed by atoms with Crippen LogP contribution in [0.15, 0.2) is 52.1 Å². The maximum atomic E-state index is 12.6. The van der Waals surface area contributed by atoms with Crippen molar-refractivity contribution in [3.05, 3.63) is 69.5 Å². The Morgan fingerprint density at radius 2 is 1.81 bits per heavy atom. The minimum Gasteiger partial charge on any atom is -0.342 e. The highest BCUT2D eigenvalue weighted by Gasteiger charge is 2.21. The summed E-state index contributed by atoms with van der Waals surface area (Å²) in [7, 11) is 0. The van der Waals surface area contributed by atoms with E-state index in [1.54, 1.807) is 6.07 Å². The van der Waals surface area contributed by atoms with Crippen molar-refractivity contribution in [2.24, 2.45) is 0 Å². The Labute approximate surface area is 200 Å². The molecule has 168 valence electrons. The molecule has 0 aliphatic rings.